The average molecular weight is 314 g/mol. The predicted molar refractivity (Wildman–Crippen MR) is 75.2 cm³/mol. The Morgan fingerprint density at radius 2 is 2.29 bits per heavy atom. The van der Waals surface area contributed by atoms with Crippen molar-refractivity contribution in [3.8, 4) is 0 Å². The SMILES string of the molecule is Cc1nn(C)cc1CNC(C)c1ccc(Br)s1. The first-order valence-corrected chi connectivity index (χ1v) is 7.15. The molecular formula is C12H16BrN3S. The minimum Gasteiger partial charge on any atom is -0.305 e. The van der Waals surface area contributed by atoms with E-state index >= 15 is 0 Å². The van der Waals surface area contributed by atoms with Crippen molar-refractivity contribution in [3.63, 3.8) is 0 Å². The Morgan fingerprint density at radius 1 is 1.53 bits per heavy atom. The van der Waals surface area contributed by atoms with Gasteiger partial charge in [0.05, 0.1) is 9.48 Å². The fourth-order valence-electron chi connectivity index (χ4n) is 1.75. The Morgan fingerprint density at radius 3 is 2.82 bits per heavy atom. The Kier molecular flexibility index (Phi) is 4.01. The number of thiophene rings is 1. The van der Waals surface area contributed by atoms with E-state index in [2.05, 4.69) is 51.6 Å². The van der Waals surface area contributed by atoms with Crippen molar-refractivity contribution in [3.05, 3.63) is 38.3 Å². The molecule has 0 spiro atoms. The van der Waals surface area contributed by atoms with Crippen LogP contribution in [0.1, 0.15) is 29.1 Å². The van der Waals surface area contributed by atoms with Crippen LogP contribution in [0.5, 0.6) is 0 Å². The van der Waals surface area contributed by atoms with Crippen LogP contribution < -0.4 is 5.32 Å². The maximum atomic E-state index is 4.34. The third kappa shape index (κ3) is 3.18. The molecule has 2 aromatic rings. The van der Waals surface area contributed by atoms with Gasteiger partial charge in [0.15, 0.2) is 0 Å². The highest BCUT2D eigenvalue weighted by molar-refractivity contribution is 9.11. The normalized spacial score (nSPS) is 12.9. The molecule has 0 saturated carbocycles. The van der Waals surface area contributed by atoms with E-state index in [1.165, 1.54) is 14.2 Å². The van der Waals surface area contributed by atoms with Crippen LogP contribution in [0.3, 0.4) is 0 Å². The first-order chi connectivity index (χ1) is 8.06. The maximum absolute atomic E-state index is 4.34. The van der Waals surface area contributed by atoms with Gasteiger partial charge in [-0.2, -0.15) is 5.10 Å². The molecule has 5 heteroatoms. The van der Waals surface area contributed by atoms with Gasteiger partial charge in [0.1, 0.15) is 0 Å². The van der Waals surface area contributed by atoms with Gasteiger partial charge in [0.2, 0.25) is 0 Å². The molecule has 0 aliphatic rings. The summed E-state index contributed by atoms with van der Waals surface area (Å²) < 4.78 is 3.04. The quantitative estimate of drug-likeness (QED) is 0.937. The van der Waals surface area contributed by atoms with Crippen LogP contribution >= 0.6 is 27.3 Å². The summed E-state index contributed by atoms with van der Waals surface area (Å²) in [4.78, 5) is 1.35. The summed E-state index contributed by atoms with van der Waals surface area (Å²) in [6, 6.07) is 4.61. The fraction of sp³-hybridized carbons (Fsp3) is 0.417. The van der Waals surface area contributed by atoms with E-state index < -0.39 is 0 Å². The second kappa shape index (κ2) is 5.33. The van der Waals surface area contributed by atoms with Gasteiger partial charge < -0.3 is 5.32 Å². The molecule has 17 heavy (non-hydrogen) atoms. The lowest BCUT2D eigenvalue weighted by molar-refractivity contribution is 0.581. The highest BCUT2D eigenvalue weighted by Gasteiger charge is 2.09. The van der Waals surface area contributed by atoms with E-state index in [1.807, 2.05) is 18.7 Å². The molecule has 92 valence electrons. The second-order valence-corrected chi connectivity index (χ2v) is 6.65. The second-order valence-electron chi connectivity index (χ2n) is 4.16. The average Bonchev–Trinajstić information content (AvgIpc) is 2.82. The summed E-state index contributed by atoms with van der Waals surface area (Å²) in [5, 5.41) is 7.86. The largest absolute Gasteiger partial charge is 0.305 e. The smallest absolute Gasteiger partial charge is 0.0701 e. The van der Waals surface area contributed by atoms with Crippen molar-refractivity contribution in [1.29, 1.82) is 0 Å². The Balaban J connectivity index is 1.96. The number of nitrogens with zero attached hydrogens (tertiary/aromatic N) is 2. The zero-order valence-electron chi connectivity index (χ0n) is 10.2. The molecule has 0 aliphatic carbocycles. The van der Waals surface area contributed by atoms with Gasteiger partial charge in [-0.1, -0.05) is 0 Å². The van der Waals surface area contributed by atoms with Crippen molar-refractivity contribution in [1.82, 2.24) is 15.1 Å². The van der Waals surface area contributed by atoms with E-state index in [4.69, 9.17) is 0 Å². The predicted octanol–water partition coefficient (Wildman–Crippen LogP) is 3.40. The molecular weight excluding hydrogens is 298 g/mol. The van der Waals surface area contributed by atoms with E-state index in [-0.39, 0.29) is 0 Å². The summed E-state index contributed by atoms with van der Waals surface area (Å²) in [7, 11) is 1.95. The third-order valence-electron chi connectivity index (χ3n) is 2.73. The number of hydrogen-bond donors (Lipinski definition) is 1. The molecule has 2 rings (SSSR count). The minimum absolute atomic E-state index is 0.367. The number of rotatable bonds is 4. The van der Waals surface area contributed by atoms with Crippen molar-refractivity contribution >= 4 is 27.3 Å². The molecule has 0 amide bonds. The van der Waals surface area contributed by atoms with Gasteiger partial charge >= 0.3 is 0 Å². The molecule has 0 aliphatic heterocycles. The van der Waals surface area contributed by atoms with Gasteiger partial charge in [0, 0.05) is 36.3 Å². The first-order valence-electron chi connectivity index (χ1n) is 5.54. The van der Waals surface area contributed by atoms with Crippen LogP contribution in [-0.2, 0) is 13.6 Å². The standard InChI is InChI=1S/C12H16BrN3S/c1-8-10(7-16(3)15-8)6-14-9(2)11-4-5-12(13)17-11/h4-5,7,9,14H,6H2,1-3H3. The van der Waals surface area contributed by atoms with Crippen LogP contribution in [0.4, 0.5) is 0 Å². The lowest BCUT2D eigenvalue weighted by atomic mass is 10.2. The highest BCUT2D eigenvalue weighted by atomic mass is 79.9. The summed E-state index contributed by atoms with van der Waals surface area (Å²) in [5.74, 6) is 0. The molecule has 2 heterocycles. The molecule has 0 fully saturated rings. The lowest BCUT2D eigenvalue weighted by Crippen LogP contribution is -2.17. The Bertz CT molecular complexity index is 504. The lowest BCUT2D eigenvalue weighted by Gasteiger charge is -2.11. The third-order valence-corrected chi connectivity index (χ3v) is 4.54. The van der Waals surface area contributed by atoms with E-state index in [1.54, 1.807) is 11.3 Å². The van der Waals surface area contributed by atoms with Crippen molar-refractivity contribution in [2.45, 2.75) is 26.4 Å². The maximum Gasteiger partial charge on any atom is 0.0701 e. The van der Waals surface area contributed by atoms with Crippen molar-refractivity contribution in [2.24, 2.45) is 7.05 Å². The first kappa shape index (κ1) is 12.8. The molecule has 1 unspecified atom stereocenters. The summed E-state index contributed by atoms with van der Waals surface area (Å²) in [6.07, 6.45) is 2.07. The van der Waals surface area contributed by atoms with Gasteiger partial charge in [-0.15, -0.1) is 11.3 Å². The van der Waals surface area contributed by atoms with Crippen molar-refractivity contribution < 1.29 is 0 Å². The van der Waals surface area contributed by atoms with Gasteiger partial charge in [0.25, 0.3) is 0 Å². The number of nitrogens with one attached hydrogen (secondary N) is 1. The van der Waals surface area contributed by atoms with Crippen LogP contribution in [0.2, 0.25) is 0 Å². The number of halogens is 1. The summed E-state index contributed by atoms with van der Waals surface area (Å²) in [5.41, 5.74) is 2.36. The number of aromatic nitrogens is 2. The minimum atomic E-state index is 0.367. The van der Waals surface area contributed by atoms with E-state index in [0.29, 0.717) is 6.04 Å². The molecule has 0 aromatic carbocycles. The van der Waals surface area contributed by atoms with Crippen LogP contribution in [0, 0.1) is 6.92 Å². The van der Waals surface area contributed by atoms with E-state index in [0.717, 1.165) is 12.2 Å². The van der Waals surface area contributed by atoms with Crippen LogP contribution in [-0.4, -0.2) is 9.78 Å². The van der Waals surface area contributed by atoms with Gasteiger partial charge in [-0.05, 0) is 41.9 Å². The summed E-state index contributed by atoms with van der Waals surface area (Å²) in [6.45, 7) is 5.09. The molecule has 2 aromatic heterocycles. The highest BCUT2D eigenvalue weighted by Crippen LogP contribution is 2.27. The Hall–Kier alpha value is -0.650. The van der Waals surface area contributed by atoms with Crippen LogP contribution in [0.25, 0.3) is 0 Å². The van der Waals surface area contributed by atoms with Crippen molar-refractivity contribution in [2.75, 3.05) is 0 Å². The molecule has 1 atom stereocenters. The summed E-state index contributed by atoms with van der Waals surface area (Å²) >= 11 is 5.26. The number of aryl methyl sites for hydroxylation is 2. The molecule has 0 radical (unpaired) electrons. The molecule has 1 N–H and O–H groups in total. The topological polar surface area (TPSA) is 29.9 Å². The van der Waals surface area contributed by atoms with Crippen LogP contribution in [0.15, 0.2) is 22.1 Å². The molecule has 3 nitrogen and oxygen atoms in total. The number of hydrogen-bond acceptors (Lipinski definition) is 3. The van der Waals surface area contributed by atoms with Gasteiger partial charge in [-0.25, -0.2) is 0 Å². The van der Waals surface area contributed by atoms with E-state index in [9.17, 15) is 0 Å². The molecule has 0 saturated heterocycles. The zero-order valence-corrected chi connectivity index (χ0v) is 12.6. The Labute approximate surface area is 114 Å². The molecule has 0 bridgehead atoms. The fourth-order valence-corrected chi connectivity index (χ4v) is 3.20. The zero-order chi connectivity index (χ0) is 12.4. The monoisotopic (exact) mass is 313 g/mol. The van der Waals surface area contributed by atoms with Gasteiger partial charge in [-0.3, -0.25) is 4.68 Å².